The van der Waals surface area contributed by atoms with Gasteiger partial charge in [0.1, 0.15) is 5.52 Å². The van der Waals surface area contributed by atoms with Crippen LogP contribution in [0.1, 0.15) is 33.7 Å². The van der Waals surface area contributed by atoms with Gasteiger partial charge in [-0.2, -0.15) is 0 Å². The molecule has 2 aromatic heterocycles. The van der Waals surface area contributed by atoms with Gasteiger partial charge in [0.05, 0.1) is 17.4 Å². The SMILES string of the molecule is C[C@H](n1cnc2c(N)nc3ccccc3c21)C(C)(C)C. The highest BCUT2D eigenvalue weighted by atomic mass is 15.1. The van der Waals surface area contributed by atoms with Crippen molar-refractivity contribution in [2.75, 3.05) is 5.73 Å². The Kier molecular flexibility index (Phi) is 2.71. The van der Waals surface area contributed by atoms with E-state index in [9.17, 15) is 0 Å². The fourth-order valence-electron chi connectivity index (χ4n) is 2.48. The molecular formula is C16H20N4. The average molecular weight is 268 g/mol. The van der Waals surface area contributed by atoms with E-state index < -0.39 is 0 Å². The van der Waals surface area contributed by atoms with Crippen LogP contribution >= 0.6 is 0 Å². The van der Waals surface area contributed by atoms with Gasteiger partial charge in [0.15, 0.2) is 5.82 Å². The van der Waals surface area contributed by atoms with Crippen LogP contribution in [0.25, 0.3) is 21.9 Å². The molecule has 1 atom stereocenters. The number of imidazole rings is 1. The molecule has 3 rings (SSSR count). The van der Waals surface area contributed by atoms with Gasteiger partial charge in [-0.15, -0.1) is 0 Å². The number of pyridine rings is 1. The van der Waals surface area contributed by atoms with Crippen LogP contribution in [0, 0.1) is 5.41 Å². The molecule has 0 aliphatic carbocycles. The summed E-state index contributed by atoms with van der Waals surface area (Å²) in [5, 5.41) is 1.10. The summed E-state index contributed by atoms with van der Waals surface area (Å²) in [7, 11) is 0. The lowest BCUT2D eigenvalue weighted by Crippen LogP contribution is -2.21. The smallest absolute Gasteiger partial charge is 0.152 e. The zero-order valence-electron chi connectivity index (χ0n) is 12.4. The number of benzene rings is 1. The average Bonchev–Trinajstić information content (AvgIpc) is 2.82. The minimum Gasteiger partial charge on any atom is -0.382 e. The predicted molar refractivity (Wildman–Crippen MR) is 83.6 cm³/mol. The second kappa shape index (κ2) is 4.20. The number of rotatable bonds is 1. The molecule has 4 nitrogen and oxygen atoms in total. The van der Waals surface area contributed by atoms with Crippen LogP contribution in [0.2, 0.25) is 0 Å². The zero-order chi connectivity index (χ0) is 14.5. The van der Waals surface area contributed by atoms with E-state index in [1.807, 2.05) is 24.5 Å². The Morgan fingerprint density at radius 3 is 2.60 bits per heavy atom. The lowest BCUT2D eigenvalue weighted by atomic mass is 9.88. The van der Waals surface area contributed by atoms with Crippen molar-refractivity contribution in [2.45, 2.75) is 33.7 Å². The van der Waals surface area contributed by atoms with Crippen LogP contribution in [-0.4, -0.2) is 14.5 Å². The van der Waals surface area contributed by atoms with E-state index in [2.05, 4.69) is 48.3 Å². The molecule has 2 N–H and O–H groups in total. The van der Waals surface area contributed by atoms with Crippen molar-refractivity contribution in [3.8, 4) is 0 Å². The molecule has 0 aliphatic heterocycles. The molecular weight excluding hydrogens is 248 g/mol. The Hall–Kier alpha value is -2.10. The van der Waals surface area contributed by atoms with Crippen molar-refractivity contribution in [3.63, 3.8) is 0 Å². The molecule has 0 fully saturated rings. The van der Waals surface area contributed by atoms with Crippen LogP contribution in [0.5, 0.6) is 0 Å². The Bertz CT molecular complexity index is 780. The van der Waals surface area contributed by atoms with Gasteiger partial charge < -0.3 is 10.3 Å². The van der Waals surface area contributed by atoms with E-state index in [1.165, 1.54) is 0 Å². The summed E-state index contributed by atoms with van der Waals surface area (Å²) < 4.78 is 2.22. The van der Waals surface area contributed by atoms with Gasteiger partial charge in [-0.3, -0.25) is 0 Å². The fraction of sp³-hybridized carbons (Fsp3) is 0.375. The lowest BCUT2D eigenvalue weighted by molar-refractivity contribution is 0.267. The van der Waals surface area contributed by atoms with E-state index >= 15 is 0 Å². The maximum atomic E-state index is 6.06. The van der Waals surface area contributed by atoms with Crippen molar-refractivity contribution in [3.05, 3.63) is 30.6 Å². The number of anilines is 1. The van der Waals surface area contributed by atoms with E-state index in [0.717, 1.165) is 21.9 Å². The van der Waals surface area contributed by atoms with Gasteiger partial charge in [0.2, 0.25) is 0 Å². The van der Waals surface area contributed by atoms with E-state index in [4.69, 9.17) is 5.73 Å². The number of nitrogens with zero attached hydrogens (tertiary/aromatic N) is 3. The normalized spacial score (nSPS) is 14.0. The molecule has 0 aliphatic rings. The quantitative estimate of drug-likeness (QED) is 0.730. The number of fused-ring (bicyclic) bond motifs is 3. The van der Waals surface area contributed by atoms with E-state index in [0.29, 0.717) is 11.9 Å². The van der Waals surface area contributed by atoms with Gasteiger partial charge >= 0.3 is 0 Å². The number of hydrogen-bond acceptors (Lipinski definition) is 3. The molecule has 0 amide bonds. The molecule has 0 radical (unpaired) electrons. The summed E-state index contributed by atoms with van der Waals surface area (Å²) >= 11 is 0. The van der Waals surface area contributed by atoms with Crippen molar-refractivity contribution in [1.29, 1.82) is 0 Å². The molecule has 0 saturated carbocycles. The number of aromatic nitrogens is 3. The van der Waals surface area contributed by atoms with Crippen molar-refractivity contribution in [1.82, 2.24) is 14.5 Å². The van der Waals surface area contributed by atoms with Gasteiger partial charge in [-0.05, 0) is 18.4 Å². The second-order valence-electron chi connectivity index (χ2n) is 6.41. The summed E-state index contributed by atoms with van der Waals surface area (Å²) in [4.78, 5) is 8.92. The minimum absolute atomic E-state index is 0.146. The first kappa shape index (κ1) is 12.9. The largest absolute Gasteiger partial charge is 0.382 e. The third-order valence-corrected chi connectivity index (χ3v) is 4.11. The molecule has 20 heavy (non-hydrogen) atoms. The van der Waals surface area contributed by atoms with Crippen LogP contribution in [0.15, 0.2) is 30.6 Å². The fourth-order valence-corrected chi connectivity index (χ4v) is 2.48. The molecule has 4 heteroatoms. The monoisotopic (exact) mass is 268 g/mol. The summed E-state index contributed by atoms with van der Waals surface area (Å²) in [5.74, 6) is 0.499. The van der Waals surface area contributed by atoms with Crippen LogP contribution in [0.3, 0.4) is 0 Å². The van der Waals surface area contributed by atoms with Gasteiger partial charge in [-0.25, -0.2) is 9.97 Å². The molecule has 1 aromatic carbocycles. The Morgan fingerprint density at radius 2 is 1.90 bits per heavy atom. The van der Waals surface area contributed by atoms with Crippen LogP contribution < -0.4 is 5.73 Å². The molecule has 0 unspecified atom stereocenters. The number of para-hydroxylation sites is 1. The number of nitrogen functional groups attached to an aromatic ring is 1. The topological polar surface area (TPSA) is 56.7 Å². The molecule has 0 bridgehead atoms. The third kappa shape index (κ3) is 1.83. The van der Waals surface area contributed by atoms with Crippen molar-refractivity contribution < 1.29 is 0 Å². The maximum Gasteiger partial charge on any atom is 0.152 e. The summed E-state index contributed by atoms with van der Waals surface area (Å²) in [6, 6.07) is 8.40. The maximum absolute atomic E-state index is 6.06. The highest BCUT2D eigenvalue weighted by molar-refractivity contribution is 6.06. The Balaban J connectivity index is 2.41. The number of nitrogens with two attached hydrogens (primary N) is 1. The molecule has 3 aromatic rings. The first-order chi connectivity index (χ1) is 9.39. The van der Waals surface area contributed by atoms with Crippen molar-refractivity contribution in [2.24, 2.45) is 5.41 Å². The van der Waals surface area contributed by atoms with Crippen LogP contribution in [-0.2, 0) is 0 Å². The first-order valence-corrected chi connectivity index (χ1v) is 6.90. The molecule has 0 spiro atoms. The van der Waals surface area contributed by atoms with Gasteiger partial charge in [0.25, 0.3) is 0 Å². The molecule has 104 valence electrons. The Labute approximate surface area is 118 Å². The van der Waals surface area contributed by atoms with E-state index in [-0.39, 0.29) is 5.41 Å². The highest BCUT2D eigenvalue weighted by Crippen LogP contribution is 2.35. The lowest BCUT2D eigenvalue weighted by Gasteiger charge is -2.29. The van der Waals surface area contributed by atoms with Gasteiger partial charge in [-0.1, -0.05) is 39.0 Å². The predicted octanol–water partition coefficient (Wildman–Crippen LogP) is 3.77. The molecule has 0 saturated heterocycles. The van der Waals surface area contributed by atoms with Crippen LogP contribution in [0.4, 0.5) is 5.82 Å². The minimum atomic E-state index is 0.146. The van der Waals surface area contributed by atoms with E-state index in [1.54, 1.807) is 0 Å². The summed E-state index contributed by atoms with van der Waals surface area (Å²) in [6.45, 7) is 8.91. The summed E-state index contributed by atoms with van der Waals surface area (Å²) in [6.07, 6.45) is 1.88. The third-order valence-electron chi connectivity index (χ3n) is 4.11. The molecule has 2 heterocycles. The second-order valence-corrected chi connectivity index (χ2v) is 6.41. The zero-order valence-corrected chi connectivity index (χ0v) is 12.4. The van der Waals surface area contributed by atoms with Crippen molar-refractivity contribution >= 4 is 27.8 Å². The Morgan fingerprint density at radius 1 is 1.20 bits per heavy atom. The number of hydrogen-bond donors (Lipinski definition) is 1. The highest BCUT2D eigenvalue weighted by Gasteiger charge is 2.24. The summed E-state index contributed by atoms with van der Waals surface area (Å²) in [5.41, 5.74) is 8.99. The standard InChI is InChI=1S/C16H20N4/c1-10(16(2,3)4)20-9-18-13-14(20)11-7-5-6-8-12(11)19-15(13)17/h5-10H,1-4H3,(H2,17,19)/t10-/m0/s1. The first-order valence-electron chi connectivity index (χ1n) is 6.90. The van der Waals surface area contributed by atoms with Gasteiger partial charge in [0, 0.05) is 11.4 Å².